The van der Waals surface area contributed by atoms with Gasteiger partial charge in [0, 0.05) is 12.0 Å². The zero-order valence-electron chi connectivity index (χ0n) is 12.7. The Morgan fingerprint density at radius 3 is 2.62 bits per heavy atom. The van der Waals surface area contributed by atoms with Crippen molar-refractivity contribution >= 4 is 32.5 Å². The Hall–Kier alpha value is -2.70. The molecule has 4 aromatic rings. The molecular weight excluding hydrogens is 322 g/mol. The summed E-state index contributed by atoms with van der Waals surface area (Å²) in [6.45, 7) is 0. The smallest absolute Gasteiger partial charge is 0.320 e. The Kier molecular flexibility index (Phi) is 3.55. The average Bonchev–Trinajstić information content (AvgIpc) is 3.12. The Labute approximate surface area is 142 Å². The van der Waals surface area contributed by atoms with Crippen molar-refractivity contribution in [2.75, 3.05) is 0 Å². The second kappa shape index (κ2) is 5.74. The van der Waals surface area contributed by atoms with E-state index in [1.807, 2.05) is 59.0 Å². The summed E-state index contributed by atoms with van der Waals surface area (Å²) < 4.78 is 3.15. The minimum atomic E-state index is -1.01. The number of hydrogen-bond donors (Lipinski definition) is 2. The minimum absolute atomic E-state index is 0.224. The van der Waals surface area contributed by atoms with E-state index in [0.717, 1.165) is 32.1 Å². The molecule has 0 bridgehead atoms. The predicted octanol–water partition coefficient (Wildman–Crippen LogP) is 3.17. The van der Waals surface area contributed by atoms with E-state index in [9.17, 15) is 9.90 Å². The molecule has 2 heterocycles. The van der Waals surface area contributed by atoms with Crippen LogP contribution < -0.4 is 5.73 Å². The van der Waals surface area contributed by atoms with Gasteiger partial charge in [0.1, 0.15) is 6.04 Å². The molecule has 2 aromatic carbocycles. The fourth-order valence-corrected chi connectivity index (χ4v) is 3.93. The molecular formula is C18H15N3O2S. The van der Waals surface area contributed by atoms with E-state index in [4.69, 9.17) is 10.7 Å². The fourth-order valence-electron chi connectivity index (χ4n) is 2.89. The van der Waals surface area contributed by atoms with E-state index in [-0.39, 0.29) is 6.42 Å². The summed E-state index contributed by atoms with van der Waals surface area (Å²) in [6.07, 6.45) is 0.224. The third-order valence-corrected chi connectivity index (χ3v) is 5.05. The molecule has 5 nitrogen and oxygen atoms in total. The van der Waals surface area contributed by atoms with E-state index in [1.165, 1.54) is 0 Å². The van der Waals surface area contributed by atoms with E-state index >= 15 is 0 Å². The largest absolute Gasteiger partial charge is 0.480 e. The third kappa shape index (κ3) is 2.36. The maximum atomic E-state index is 11.3. The number of fused-ring (bicyclic) bond motifs is 3. The van der Waals surface area contributed by atoms with Crippen LogP contribution >= 0.6 is 11.3 Å². The number of nitrogens with zero attached hydrogens (tertiary/aromatic N) is 2. The molecule has 0 aliphatic heterocycles. The van der Waals surface area contributed by atoms with Gasteiger partial charge in [-0.2, -0.15) is 0 Å². The van der Waals surface area contributed by atoms with Gasteiger partial charge < -0.3 is 10.8 Å². The Balaban J connectivity index is 1.99. The van der Waals surface area contributed by atoms with Gasteiger partial charge in [-0.15, -0.1) is 0 Å². The highest BCUT2D eigenvalue weighted by Crippen LogP contribution is 2.33. The second-order valence-electron chi connectivity index (χ2n) is 5.61. The Morgan fingerprint density at radius 2 is 1.88 bits per heavy atom. The molecule has 0 amide bonds. The standard InChI is InChI=1S/C18H15N3O2S/c19-12(17(22)23)10-14-16(11-6-2-1-3-7-11)20-18-21(14)13-8-4-5-9-15(13)24-18/h1-9,12H,10,19H2,(H,22,23). The summed E-state index contributed by atoms with van der Waals surface area (Å²) in [7, 11) is 0. The molecule has 0 saturated carbocycles. The first-order valence-electron chi connectivity index (χ1n) is 7.58. The number of carboxylic acids is 1. The van der Waals surface area contributed by atoms with Crippen LogP contribution in [0, 0.1) is 0 Å². The average molecular weight is 337 g/mol. The molecule has 0 spiro atoms. The van der Waals surface area contributed by atoms with Crippen LogP contribution in [0.2, 0.25) is 0 Å². The maximum Gasteiger partial charge on any atom is 0.320 e. The Morgan fingerprint density at radius 1 is 1.17 bits per heavy atom. The summed E-state index contributed by atoms with van der Waals surface area (Å²) in [5.41, 5.74) is 9.44. The summed E-state index contributed by atoms with van der Waals surface area (Å²) in [5, 5.41) is 9.23. The van der Waals surface area contributed by atoms with Gasteiger partial charge in [0.15, 0.2) is 4.96 Å². The van der Waals surface area contributed by atoms with Crippen molar-refractivity contribution in [3.63, 3.8) is 0 Å². The van der Waals surface area contributed by atoms with Crippen molar-refractivity contribution in [1.82, 2.24) is 9.38 Å². The van der Waals surface area contributed by atoms with Crippen LogP contribution in [0.25, 0.3) is 26.4 Å². The summed E-state index contributed by atoms with van der Waals surface area (Å²) in [4.78, 5) is 16.9. The number of para-hydroxylation sites is 1. The molecule has 0 radical (unpaired) electrons. The zero-order valence-corrected chi connectivity index (χ0v) is 13.5. The van der Waals surface area contributed by atoms with Gasteiger partial charge in [0.25, 0.3) is 0 Å². The highest BCUT2D eigenvalue weighted by molar-refractivity contribution is 7.23. The van der Waals surface area contributed by atoms with Crippen molar-refractivity contribution in [3.8, 4) is 11.3 Å². The van der Waals surface area contributed by atoms with Crippen LogP contribution in [0.15, 0.2) is 54.6 Å². The number of carboxylic acid groups (broad SMARTS) is 1. The topological polar surface area (TPSA) is 80.6 Å². The molecule has 1 atom stereocenters. The normalized spacial score (nSPS) is 12.7. The summed E-state index contributed by atoms with van der Waals surface area (Å²) in [5.74, 6) is -1.01. The lowest BCUT2D eigenvalue weighted by Crippen LogP contribution is -2.32. The van der Waals surface area contributed by atoms with Gasteiger partial charge >= 0.3 is 5.97 Å². The molecule has 1 unspecified atom stereocenters. The molecule has 2 aromatic heterocycles. The van der Waals surface area contributed by atoms with E-state index in [1.54, 1.807) is 11.3 Å². The molecule has 3 N–H and O–H groups in total. The first-order valence-corrected chi connectivity index (χ1v) is 8.39. The van der Waals surface area contributed by atoms with Crippen molar-refractivity contribution < 1.29 is 9.90 Å². The molecule has 24 heavy (non-hydrogen) atoms. The van der Waals surface area contributed by atoms with Crippen molar-refractivity contribution in [3.05, 3.63) is 60.3 Å². The number of imidazole rings is 1. The maximum absolute atomic E-state index is 11.3. The van der Waals surface area contributed by atoms with Crippen LogP contribution in [-0.2, 0) is 11.2 Å². The number of aromatic nitrogens is 2. The lowest BCUT2D eigenvalue weighted by atomic mass is 10.1. The molecule has 0 aliphatic carbocycles. The highest BCUT2D eigenvalue weighted by Gasteiger charge is 2.22. The number of aliphatic carboxylic acids is 1. The molecule has 4 rings (SSSR count). The van der Waals surface area contributed by atoms with Crippen molar-refractivity contribution in [1.29, 1.82) is 0 Å². The van der Waals surface area contributed by atoms with Gasteiger partial charge in [0.2, 0.25) is 0 Å². The van der Waals surface area contributed by atoms with Crippen molar-refractivity contribution in [2.24, 2.45) is 5.73 Å². The van der Waals surface area contributed by atoms with E-state index in [0.29, 0.717) is 0 Å². The number of benzene rings is 2. The van der Waals surface area contributed by atoms with Crippen LogP contribution in [-0.4, -0.2) is 26.5 Å². The number of hydrogen-bond acceptors (Lipinski definition) is 4. The van der Waals surface area contributed by atoms with Crippen LogP contribution in [0.5, 0.6) is 0 Å². The first kappa shape index (κ1) is 14.9. The first-order chi connectivity index (χ1) is 11.6. The fraction of sp³-hybridized carbons (Fsp3) is 0.111. The van der Waals surface area contributed by atoms with Gasteiger partial charge in [-0.3, -0.25) is 9.20 Å². The van der Waals surface area contributed by atoms with Gasteiger partial charge in [0.05, 0.1) is 21.6 Å². The minimum Gasteiger partial charge on any atom is -0.480 e. The number of carbonyl (C=O) groups is 1. The van der Waals surface area contributed by atoms with Crippen molar-refractivity contribution in [2.45, 2.75) is 12.5 Å². The predicted molar refractivity (Wildman–Crippen MR) is 95.3 cm³/mol. The third-order valence-electron chi connectivity index (χ3n) is 4.03. The Bertz CT molecular complexity index is 1040. The van der Waals surface area contributed by atoms with Gasteiger partial charge in [-0.25, -0.2) is 4.98 Å². The lowest BCUT2D eigenvalue weighted by Gasteiger charge is -2.09. The van der Waals surface area contributed by atoms with Gasteiger partial charge in [-0.05, 0) is 12.1 Å². The highest BCUT2D eigenvalue weighted by atomic mass is 32.1. The number of nitrogens with two attached hydrogens (primary N) is 1. The number of thiazole rings is 1. The number of rotatable bonds is 4. The summed E-state index contributed by atoms with van der Waals surface area (Å²) in [6, 6.07) is 16.8. The van der Waals surface area contributed by atoms with Crippen LogP contribution in [0.1, 0.15) is 5.69 Å². The molecule has 0 saturated heterocycles. The van der Waals surface area contributed by atoms with Crippen LogP contribution in [0.3, 0.4) is 0 Å². The molecule has 6 heteroatoms. The molecule has 0 aliphatic rings. The lowest BCUT2D eigenvalue weighted by molar-refractivity contribution is -0.138. The molecule has 0 fully saturated rings. The van der Waals surface area contributed by atoms with Gasteiger partial charge in [-0.1, -0.05) is 53.8 Å². The monoisotopic (exact) mass is 337 g/mol. The summed E-state index contributed by atoms with van der Waals surface area (Å²) >= 11 is 1.59. The van der Waals surface area contributed by atoms with E-state index < -0.39 is 12.0 Å². The SMILES string of the molecule is NC(Cc1c(-c2ccccc2)nc2sc3ccccc3n12)C(=O)O. The van der Waals surface area contributed by atoms with E-state index in [2.05, 4.69) is 0 Å². The second-order valence-corrected chi connectivity index (χ2v) is 6.62. The van der Waals surface area contributed by atoms with Crippen LogP contribution in [0.4, 0.5) is 0 Å². The zero-order chi connectivity index (χ0) is 16.7. The quantitative estimate of drug-likeness (QED) is 0.599. The molecule has 120 valence electrons.